The summed E-state index contributed by atoms with van der Waals surface area (Å²) in [5.41, 5.74) is 1.34. The number of piperidine rings is 1. The average Bonchev–Trinajstić information content (AvgIpc) is 2.64. The SMILES string of the molecule is Cc1ccc(CC[C@@H](C#N)NC(=O)[C@@H]2CCCCN2C(=O)OC(C)(C)C)cn1.[HH]. The third-order valence-electron chi connectivity index (χ3n) is 4.60. The second kappa shape index (κ2) is 9.54. The zero-order chi connectivity index (χ0) is 20.7. The minimum atomic E-state index is -0.618. The molecule has 2 rings (SSSR count). The predicted molar refractivity (Wildman–Crippen MR) is 108 cm³/mol. The van der Waals surface area contributed by atoms with Gasteiger partial charge in [-0.2, -0.15) is 5.26 Å². The van der Waals surface area contributed by atoms with Crippen LogP contribution in [0.15, 0.2) is 18.3 Å². The van der Waals surface area contributed by atoms with Crippen molar-refractivity contribution in [2.24, 2.45) is 0 Å². The zero-order valence-corrected chi connectivity index (χ0v) is 17.2. The van der Waals surface area contributed by atoms with Gasteiger partial charge in [0.15, 0.2) is 0 Å². The molecule has 0 aliphatic carbocycles. The van der Waals surface area contributed by atoms with E-state index >= 15 is 0 Å². The van der Waals surface area contributed by atoms with Gasteiger partial charge in [0.25, 0.3) is 0 Å². The molecule has 0 unspecified atom stereocenters. The van der Waals surface area contributed by atoms with Crippen molar-refractivity contribution >= 4 is 12.0 Å². The number of ether oxygens (including phenoxy) is 1. The van der Waals surface area contributed by atoms with E-state index in [0.29, 0.717) is 25.8 Å². The van der Waals surface area contributed by atoms with E-state index in [-0.39, 0.29) is 7.33 Å². The number of aromatic nitrogens is 1. The first kappa shape index (κ1) is 21.7. The molecule has 1 N–H and O–H groups in total. The van der Waals surface area contributed by atoms with Gasteiger partial charge in [-0.1, -0.05) is 6.07 Å². The van der Waals surface area contributed by atoms with Crippen LogP contribution in [0.1, 0.15) is 59.1 Å². The highest BCUT2D eigenvalue weighted by Crippen LogP contribution is 2.21. The van der Waals surface area contributed by atoms with Crippen LogP contribution < -0.4 is 5.32 Å². The summed E-state index contributed by atoms with van der Waals surface area (Å²) in [5, 5.41) is 12.2. The van der Waals surface area contributed by atoms with Crippen LogP contribution in [-0.4, -0.2) is 46.1 Å². The van der Waals surface area contributed by atoms with Crippen molar-refractivity contribution in [3.63, 3.8) is 0 Å². The summed E-state index contributed by atoms with van der Waals surface area (Å²) in [6.07, 6.45) is 4.72. The van der Waals surface area contributed by atoms with Crippen molar-refractivity contribution in [1.29, 1.82) is 5.26 Å². The molecule has 1 aromatic rings. The van der Waals surface area contributed by atoms with E-state index in [1.807, 2.05) is 19.1 Å². The highest BCUT2D eigenvalue weighted by atomic mass is 16.6. The number of nitrogens with one attached hydrogen (secondary N) is 1. The number of carbonyl (C=O) groups excluding carboxylic acids is 2. The predicted octanol–water partition coefficient (Wildman–Crippen LogP) is 3.37. The van der Waals surface area contributed by atoms with E-state index in [9.17, 15) is 14.9 Å². The fourth-order valence-corrected chi connectivity index (χ4v) is 3.14. The lowest BCUT2D eigenvalue weighted by molar-refractivity contribution is -0.128. The molecule has 0 spiro atoms. The molecule has 2 atom stereocenters. The van der Waals surface area contributed by atoms with Gasteiger partial charge >= 0.3 is 6.09 Å². The Morgan fingerprint density at radius 3 is 2.79 bits per heavy atom. The Kier molecular flexibility index (Phi) is 7.38. The van der Waals surface area contributed by atoms with Gasteiger partial charge in [-0.15, -0.1) is 0 Å². The topological polar surface area (TPSA) is 95.3 Å². The maximum absolute atomic E-state index is 12.8. The molecule has 1 aliphatic rings. The van der Waals surface area contributed by atoms with Gasteiger partial charge < -0.3 is 10.1 Å². The smallest absolute Gasteiger partial charge is 0.410 e. The summed E-state index contributed by atoms with van der Waals surface area (Å²) in [6, 6.07) is 4.84. The van der Waals surface area contributed by atoms with Crippen molar-refractivity contribution < 1.29 is 15.8 Å². The van der Waals surface area contributed by atoms with Gasteiger partial charge in [0, 0.05) is 19.9 Å². The normalized spacial score (nSPS) is 18.1. The lowest BCUT2D eigenvalue weighted by Crippen LogP contribution is -2.54. The van der Waals surface area contributed by atoms with Crippen LogP contribution in [-0.2, 0) is 16.0 Å². The summed E-state index contributed by atoms with van der Waals surface area (Å²) in [4.78, 5) is 31.0. The van der Waals surface area contributed by atoms with Gasteiger partial charge in [0.2, 0.25) is 5.91 Å². The second-order valence-corrected chi connectivity index (χ2v) is 8.22. The quantitative estimate of drug-likeness (QED) is 0.834. The molecular formula is C21H32N4O3. The third-order valence-corrected chi connectivity index (χ3v) is 4.60. The van der Waals surface area contributed by atoms with Crippen molar-refractivity contribution in [1.82, 2.24) is 15.2 Å². The number of likely N-dealkylation sites (tertiary alicyclic amines) is 1. The van der Waals surface area contributed by atoms with Crippen LogP contribution in [0, 0.1) is 18.3 Å². The van der Waals surface area contributed by atoms with E-state index in [4.69, 9.17) is 4.74 Å². The van der Waals surface area contributed by atoms with Gasteiger partial charge in [-0.05, 0) is 71.4 Å². The molecule has 7 nitrogen and oxygen atoms in total. The lowest BCUT2D eigenvalue weighted by Gasteiger charge is -2.36. The van der Waals surface area contributed by atoms with Crippen LogP contribution >= 0.6 is 0 Å². The molecule has 7 heteroatoms. The molecule has 0 saturated carbocycles. The number of nitriles is 1. The Morgan fingerprint density at radius 2 is 2.18 bits per heavy atom. The summed E-state index contributed by atoms with van der Waals surface area (Å²) in [7, 11) is 0. The van der Waals surface area contributed by atoms with Crippen LogP contribution in [0.4, 0.5) is 4.79 Å². The van der Waals surface area contributed by atoms with Crippen LogP contribution in [0.3, 0.4) is 0 Å². The van der Waals surface area contributed by atoms with Crippen LogP contribution in [0.2, 0.25) is 0 Å². The van der Waals surface area contributed by atoms with Gasteiger partial charge in [-0.3, -0.25) is 14.7 Å². The average molecular weight is 389 g/mol. The fourth-order valence-electron chi connectivity index (χ4n) is 3.14. The Labute approximate surface area is 168 Å². The van der Waals surface area contributed by atoms with E-state index in [1.54, 1.807) is 27.0 Å². The van der Waals surface area contributed by atoms with Gasteiger partial charge in [0.05, 0.1) is 6.07 Å². The molecule has 1 saturated heterocycles. The van der Waals surface area contributed by atoms with Gasteiger partial charge in [0.1, 0.15) is 17.7 Å². The number of rotatable bonds is 5. The molecule has 1 aromatic heterocycles. The number of aryl methyl sites for hydroxylation is 2. The Balaban J connectivity index is 0.00000420. The summed E-state index contributed by atoms with van der Waals surface area (Å²) < 4.78 is 5.44. The minimum Gasteiger partial charge on any atom is -0.444 e. The molecule has 0 bridgehead atoms. The first-order chi connectivity index (χ1) is 13.2. The van der Waals surface area contributed by atoms with Crippen molar-refractivity contribution in [2.45, 2.75) is 77.5 Å². The third kappa shape index (κ3) is 6.52. The van der Waals surface area contributed by atoms with Crippen LogP contribution in [0.5, 0.6) is 0 Å². The standard InChI is InChI=1S/C21H30N4O3.H2/c1-15-8-9-16(14-23-15)10-11-17(13-22)24-19(26)18-7-5-6-12-25(18)20(27)28-21(2,3)4;/h8-9,14,17-18H,5-7,10-12H2,1-4H3,(H,24,26);1H/t17-,18-;/m0./s1. The number of nitrogens with zero attached hydrogens (tertiary/aromatic N) is 3. The summed E-state index contributed by atoms with van der Waals surface area (Å²) >= 11 is 0. The first-order valence-electron chi connectivity index (χ1n) is 9.81. The second-order valence-electron chi connectivity index (χ2n) is 8.22. The van der Waals surface area contributed by atoms with Crippen molar-refractivity contribution in [3.8, 4) is 6.07 Å². The Hall–Kier alpha value is -2.62. The number of pyridine rings is 1. The molecule has 154 valence electrons. The van der Waals surface area contributed by atoms with Crippen LogP contribution in [0.25, 0.3) is 0 Å². The lowest BCUT2D eigenvalue weighted by atomic mass is 10.0. The van der Waals surface area contributed by atoms with E-state index in [2.05, 4.69) is 16.4 Å². The minimum absolute atomic E-state index is 0. The highest BCUT2D eigenvalue weighted by Gasteiger charge is 2.35. The number of carbonyl (C=O) groups is 2. The van der Waals surface area contributed by atoms with E-state index in [0.717, 1.165) is 24.1 Å². The van der Waals surface area contributed by atoms with E-state index in [1.165, 1.54) is 4.90 Å². The van der Waals surface area contributed by atoms with Gasteiger partial charge in [-0.25, -0.2) is 4.79 Å². The Bertz CT molecular complexity index is 725. The molecular weight excluding hydrogens is 356 g/mol. The molecule has 28 heavy (non-hydrogen) atoms. The van der Waals surface area contributed by atoms with Crippen molar-refractivity contribution in [2.75, 3.05) is 6.54 Å². The highest BCUT2D eigenvalue weighted by molar-refractivity contribution is 5.86. The number of hydrogen-bond donors (Lipinski definition) is 1. The maximum Gasteiger partial charge on any atom is 0.410 e. The molecule has 2 heterocycles. The molecule has 2 amide bonds. The maximum atomic E-state index is 12.8. The Morgan fingerprint density at radius 1 is 1.43 bits per heavy atom. The number of hydrogen-bond acceptors (Lipinski definition) is 5. The van der Waals surface area contributed by atoms with E-state index < -0.39 is 23.8 Å². The largest absolute Gasteiger partial charge is 0.444 e. The zero-order valence-electron chi connectivity index (χ0n) is 17.2. The first-order valence-corrected chi connectivity index (χ1v) is 9.81. The molecule has 0 radical (unpaired) electrons. The fraction of sp³-hybridized carbons (Fsp3) is 0.619. The summed E-state index contributed by atoms with van der Waals surface area (Å²) in [6.45, 7) is 7.81. The van der Waals surface area contributed by atoms with Crippen molar-refractivity contribution in [3.05, 3.63) is 29.6 Å². The molecule has 1 aliphatic heterocycles. The monoisotopic (exact) mass is 388 g/mol. The number of amides is 2. The molecule has 1 fully saturated rings. The molecule has 0 aromatic carbocycles. The summed E-state index contributed by atoms with van der Waals surface area (Å²) in [5.74, 6) is -0.292.